The number of halogens is 2. The van der Waals surface area contributed by atoms with Gasteiger partial charge in [0.2, 0.25) is 0 Å². The highest BCUT2D eigenvalue weighted by Gasteiger charge is 2.44. The van der Waals surface area contributed by atoms with Crippen molar-refractivity contribution in [2.24, 2.45) is 5.92 Å². The fourth-order valence-corrected chi connectivity index (χ4v) is 7.08. The average Bonchev–Trinajstić information content (AvgIpc) is 3.10. The second-order valence-corrected chi connectivity index (χ2v) is 14.8. The van der Waals surface area contributed by atoms with E-state index < -0.39 is 23.5 Å². The van der Waals surface area contributed by atoms with Crippen LogP contribution in [0.1, 0.15) is 108 Å². The summed E-state index contributed by atoms with van der Waals surface area (Å²) in [5.74, 6) is -2.82. The number of unbranched alkanes of at least 4 members (excludes halogenated alkanes) is 4. The van der Waals surface area contributed by atoms with Crippen LogP contribution in [0.15, 0.2) is 30.6 Å². The third-order valence-corrected chi connectivity index (χ3v) is 9.94. The molecule has 0 bridgehead atoms. The molecule has 0 unspecified atom stereocenters. The van der Waals surface area contributed by atoms with Crippen LogP contribution in [0.25, 0.3) is 0 Å². The molecule has 0 spiro atoms. The molecule has 276 valence electrons. The van der Waals surface area contributed by atoms with Crippen molar-refractivity contribution in [1.29, 1.82) is 0 Å². The number of carbonyl (C=O) groups excluding carboxylic acids is 2. The van der Waals surface area contributed by atoms with Crippen LogP contribution >= 0.6 is 0 Å². The summed E-state index contributed by atoms with van der Waals surface area (Å²) in [7, 11) is 0. The molecule has 3 aliphatic heterocycles. The molecule has 3 amide bonds. The summed E-state index contributed by atoms with van der Waals surface area (Å²) in [5, 5.41) is 12.6. The number of aliphatic hydroxyl groups excluding tert-OH is 1. The predicted molar refractivity (Wildman–Crippen MR) is 187 cm³/mol. The van der Waals surface area contributed by atoms with Gasteiger partial charge in [0, 0.05) is 63.0 Å². The van der Waals surface area contributed by atoms with E-state index in [0.717, 1.165) is 50.5 Å². The lowest BCUT2D eigenvalue weighted by Gasteiger charge is -2.42. The van der Waals surface area contributed by atoms with E-state index in [1.807, 2.05) is 17.9 Å². The van der Waals surface area contributed by atoms with Gasteiger partial charge in [0.15, 0.2) is 0 Å². The van der Waals surface area contributed by atoms with E-state index in [4.69, 9.17) is 14.6 Å². The normalized spacial score (nSPS) is 18.6. The molecule has 2 saturated heterocycles. The Labute approximate surface area is 294 Å². The van der Waals surface area contributed by atoms with Gasteiger partial charge in [-0.3, -0.25) is 4.90 Å². The summed E-state index contributed by atoms with van der Waals surface area (Å²) in [6.45, 7) is 9.98. The number of rotatable bonds is 13. The summed E-state index contributed by atoms with van der Waals surface area (Å²) < 4.78 is 43.0. The molecule has 2 fully saturated rings. The van der Waals surface area contributed by atoms with Crippen LogP contribution < -0.4 is 10.2 Å². The maximum Gasteiger partial charge on any atom is 0.410 e. The Morgan fingerprint density at radius 3 is 2.46 bits per heavy atom. The zero-order chi connectivity index (χ0) is 35.9. The summed E-state index contributed by atoms with van der Waals surface area (Å²) in [4.78, 5) is 40.7. The lowest BCUT2D eigenvalue weighted by Crippen LogP contribution is -2.53. The fraction of sp³-hybridized carbons (Fsp3) is 0.676. The Hall–Kier alpha value is -3.58. The molecule has 13 heteroatoms. The number of piperidine rings is 1. The summed E-state index contributed by atoms with van der Waals surface area (Å²) >= 11 is 0. The first-order chi connectivity index (χ1) is 23.9. The zero-order valence-electron chi connectivity index (χ0n) is 30.0. The summed E-state index contributed by atoms with van der Waals surface area (Å²) in [6.07, 6.45) is 7.31. The lowest BCUT2D eigenvalue weighted by atomic mass is 9.85. The van der Waals surface area contributed by atoms with E-state index in [2.05, 4.69) is 15.3 Å². The molecule has 0 saturated carbocycles. The Morgan fingerprint density at radius 2 is 1.76 bits per heavy atom. The Kier molecular flexibility index (Phi) is 12.5. The molecule has 2 aromatic rings. The first kappa shape index (κ1) is 37.7. The third kappa shape index (κ3) is 9.20. The van der Waals surface area contributed by atoms with Crippen LogP contribution in [0.2, 0.25) is 0 Å². The van der Waals surface area contributed by atoms with Crippen molar-refractivity contribution in [2.45, 2.75) is 116 Å². The number of carbonyl (C=O) groups is 2. The summed E-state index contributed by atoms with van der Waals surface area (Å²) in [6, 6.07) is 6.13. The fourth-order valence-electron chi connectivity index (χ4n) is 7.08. The van der Waals surface area contributed by atoms with Crippen LogP contribution in [0, 0.1) is 5.92 Å². The van der Waals surface area contributed by atoms with Crippen molar-refractivity contribution >= 4 is 23.8 Å². The van der Waals surface area contributed by atoms with Crippen molar-refractivity contribution in [3.8, 4) is 0 Å². The maximum atomic E-state index is 16.0. The second kappa shape index (κ2) is 16.6. The van der Waals surface area contributed by atoms with Gasteiger partial charge in [-0.2, -0.15) is 0 Å². The largest absolute Gasteiger partial charge is 0.444 e. The van der Waals surface area contributed by atoms with Gasteiger partial charge in [0.1, 0.15) is 23.6 Å². The lowest BCUT2D eigenvalue weighted by molar-refractivity contribution is -0.0861. The molecular weight excluding hydrogens is 646 g/mol. The van der Waals surface area contributed by atoms with Crippen molar-refractivity contribution in [2.75, 3.05) is 49.7 Å². The molecule has 1 atom stereocenters. The molecule has 1 aromatic carbocycles. The van der Waals surface area contributed by atoms with Crippen LogP contribution in [-0.2, 0) is 21.9 Å². The highest BCUT2D eigenvalue weighted by atomic mass is 19.3. The number of nitrogens with zero attached hydrogens (tertiary/aromatic N) is 5. The summed E-state index contributed by atoms with van der Waals surface area (Å²) in [5.41, 5.74) is 0.805. The van der Waals surface area contributed by atoms with Crippen LogP contribution in [-0.4, -0.2) is 88.1 Å². The molecule has 0 radical (unpaired) electrons. The van der Waals surface area contributed by atoms with E-state index >= 15 is 8.78 Å². The minimum atomic E-state index is -3.08. The number of nitrogens with one attached hydrogen (secondary N) is 1. The van der Waals surface area contributed by atoms with Gasteiger partial charge >= 0.3 is 12.1 Å². The van der Waals surface area contributed by atoms with Gasteiger partial charge in [-0.1, -0.05) is 37.5 Å². The molecule has 5 rings (SSSR count). The highest BCUT2D eigenvalue weighted by Crippen LogP contribution is 2.43. The molecule has 11 nitrogen and oxygen atoms in total. The minimum Gasteiger partial charge on any atom is -0.444 e. The number of aromatic nitrogens is 2. The van der Waals surface area contributed by atoms with Gasteiger partial charge in [0.05, 0.1) is 12.1 Å². The molecule has 4 heterocycles. The Bertz CT molecular complexity index is 1440. The standard InChI is InChI=1S/C37H54F2N6O5/c1-26(27-11-10-12-29(23-27)37(38,39)28-13-18-43(19-14-28)35(48)50-36(2,3)4)42-32-31-24-45(30-15-21-49-22-16-30)34(47)44(33(31)41-25-40-32)17-8-6-5-7-9-20-46/h10-12,23,25-26,28,30,46H,5-9,13-22,24H2,1-4H3,(H,40,41,42)/t26-/m1/s1. The number of anilines is 2. The molecule has 50 heavy (non-hydrogen) atoms. The number of benzene rings is 1. The number of likely N-dealkylation sites (tertiary alicyclic amines) is 1. The number of hydrogen-bond donors (Lipinski definition) is 2. The zero-order valence-corrected chi connectivity index (χ0v) is 30.0. The highest BCUT2D eigenvalue weighted by molar-refractivity contribution is 5.94. The quantitative estimate of drug-likeness (QED) is 0.210. The van der Waals surface area contributed by atoms with E-state index in [-0.39, 0.29) is 56.2 Å². The van der Waals surface area contributed by atoms with Crippen LogP contribution in [0.4, 0.5) is 30.0 Å². The molecular formula is C37H54F2N6O5. The van der Waals surface area contributed by atoms with E-state index in [9.17, 15) is 9.59 Å². The van der Waals surface area contributed by atoms with Gasteiger partial charge in [-0.25, -0.2) is 28.3 Å². The number of urea groups is 1. The Morgan fingerprint density at radius 1 is 1.06 bits per heavy atom. The maximum absolute atomic E-state index is 16.0. The van der Waals surface area contributed by atoms with E-state index in [0.29, 0.717) is 43.5 Å². The average molecular weight is 701 g/mol. The third-order valence-electron chi connectivity index (χ3n) is 9.94. The number of alkyl halides is 2. The van der Waals surface area contributed by atoms with Crippen molar-refractivity contribution < 1.29 is 33.0 Å². The molecule has 3 aliphatic rings. The number of aliphatic hydroxyl groups is 1. The van der Waals surface area contributed by atoms with Crippen molar-refractivity contribution in [1.82, 2.24) is 19.8 Å². The van der Waals surface area contributed by atoms with Gasteiger partial charge < -0.3 is 29.7 Å². The number of hydrogen-bond acceptors (Lipinski definition) is 8. The van der Waals surface area contributed by atoms with E-state index in [1.165, 1.54) is 17.3 Å². The van der Waals surface area contributed by atoms with Crippen molar-refractivity contribution in [3.63, 3.8) is 0 Å². The topological polar surface area (TPSA) is 120 Å². The first-order valence-electron chi connectivity index (χ1n) is 18.2. The monoisotopic (exact) mass is 700 g/mol. The molecule has 1 aromatic heterocycles. The van der Waals surface area contributed by atoms with Crippen LogP contribution in [0.5, 0.6) is 0 Å². The number of ether oxygens (including phenoxy) is 2. The SMILES string of the molecule is C[C@@H](Nc1ncnc2c1CN(C1CCOCC1)C(=O)N2CCCCCCCO)c1cccc(C(F)(F)C2CCN(C(=O)OC(C)(C)C)CC2)c1. The first-order valence-corrected chi connectivity index (χ1v) is 18.2. The second-order valence-electron chi connectivity index (χ2n) is 14.8. The van der Waals surface area contributed by atoms with Crippen LogP contribution in [0.3, 0.4) is 0 Å². The molecule has 0 aliphatic carbocycles. The number of amides is 3. The number of fused-ring (bicyclic) bond motifs is 1. The Balaban J connectivity index is 1.30. The van der Waals surface area contributed by atoms with Gasteiger partial charge in [-0.15, -0.1) is 0 Å². The van der Waals surface area contributed by atoms with Gasteiger partial charge in [-0.05, 0) is 77.8 Å². The minimum absolute atomic E-state index is 0.0387. The van der Waals surface area contributed by atoms with Gasteiger partial charge in [0.25, 0.3) is 5.92 Å². The van der Waals surface area contributed by atoms with E-state index in [1.54, 1.807) is 37.8 Å². The smallest absolute Gasteiger partial charge is 0.410 e. The van der Waals surface area contributed by atoms with Crippen molar-refractivity contribution in [3.05, 3.63) is 47.3 Å². The molecule has 2 N–H and O–H groups in total. The predicted octanol–water partition coefficient (Wildman–Crippen LogP) is 7.25.